The van der Waals surface area contributed by atoms with Gasteiger partial charge in [-0.05, 0) is 36.8 Å². The molecule has 15 heavy (non-hydrogen) atoms. The summed E-state index contributed by atoms with van der Waals surface area (Å²) in [4.78, 5) is 0. The summed E-state index contributed by atoms with van der Waals surface area (Å²) in [6.07, 6.45) is 5.43. The van der Waals surface area contributed by atoms with Gasteiger partial charge < -0.3 is 5.73 Å². The van der Waals surface area contributed by atoms with E-state index >= 15 is 0 Å². The van der Waals surface area contributed by atoms with Crippen LogP contribution >= 0.6 is 0 Å². The Balaban J connectivity index is 2.30. The summed E-state index contributed by atoms with van der Waals surface area (Å²) < 4.78 is 0. The second-order valence-corrected chi connectivity index (χ2v) is 5.00. The van der Waals surface area contributed by atoms with Crippen molar-refractivity contribution in [2.45, 2.75) is 45.4 Å². The molecule has 0 unspecified atom stereocenters. The van der Waals surface area contributed by atoms with Crippen LogP contribution in [0, 0.1) is 12.8 Å². The molecule has 1 saturated carbocycles. The predicted octanol–water partition coefficient (Wildman–Crippen LogP) is 3.87. The van der Waals surface area contributed by atoms with E-state index < -0.39 is 0 Å². The lowest BCUT2D eigenvalue weighted by molar-refractivity contribution is 0.331. The largest absolute Gasteiger partial charge is 0.398 e. The molecule has 1 aliphatic carbocycles. The zero-order valence-electron chi connectivity index (χ0n) is 9.79. The van der Waals surface area contributed by atoms with E-state index in [0.717, 1.165) is 11.6 Å². The summed E-state index contributed by atoms with van der Waals surface area (Å²) in [5.41, 5.74) is 9.79. The minimum absolute atomic E-state index is 0.693. The fourth-order valence-corrected chi connectivity index (χ4v) is 2.79. The molecule has 0 saturated heterocycles. The molecule has 2 rings (SSSR count). The van der Waals surface area contributed by atoms with Gasteiger partial charge >= 0.3 is 0 Å². The summed E-state index contributed by atoms with van der Waals surface area (Å²) in [5, 5.41) is 0. The zero-order chi connectivity index (χ0) is 10.8. The van der Waals surface area contributed by atoms with E-state index in [1.165, 1.54) is 36.8 Å². The van der Waals surface area contributed by atoms with Gasteiger partial charge in [-0.1, -0.05) is 43.9 Å². The maximum Gasteiger partial charge on any atom is 0.0349 e. The molecule has 2 atom stereocenters. The monoisotopic (exact) mass is 203 g/mol. The molecule has 0 aromatic heterocycles. The van der Waals surface area contributed by atoms with E-state index in [2.05, 4.69) is 32.0 Å². The van der Waals surface area contributed by atoms with Gasteiger partial charge in [0.05, 0.1) is 0 Å². The highest BCUT2D eigenvalue weighted by Gasteiger charge is 2.24. The lowest BCUT2D eigenvalue weighted by atomic mass is 9.76. The number of benzene rings is 1. The minimum atomic E-state index is 0.693. The second-order valence-electron chi connectivity index (χ2n) is 5.00. The Kier molecular flexibility index (Phi) is 2.99. The van der Waals surface area contributed by atoms with Gasteiger partial charge in [0.25, 0.3) is 0 Å². The molecule has 0 bridgehead atoms. The lowest BCUT2D eigenvalue weighted by Gasteiger charge is -2.30. The van der Waals surface area contributed by atoms with Gasteiger partial charge in [0, 0.05) is 5.69 Å². The number of hydrogen-bond donors (Lipinski definition) is 1. The summed E-state index contributed by atoms with van der Waals surface area (Å²) in [5.74, 6) is 1.49. The topological polar surface area (TPSA) is 26.0 Å². The Labute approximate surface area is 92.7 Å². The van der Waals surface area contributed by atoms with E-state index in [1.54, 1.807) is 0 Å². The lowest BCUT2D eigenvalue weighted by Crippen LogP contribution is -2.16. The van der Waals surface area contributed by atoms with Crippen LogP contribution < -0.4 is 5.73 Å². The molecule has 0 aliphatic heterocycles. The van der Waals surface area contributed by atoms with Crippen molar-refractivity contribution in [3.05, 3.63) is 29.3 Å². The SMILES string of the molecule is Cc1ccc(N)c([C@H]2CCCC[C@@H]2C)c1. The summed E-state index contributed by atoms with van der Waals surface area (Å²) in [7, 11) is 0. The minimum Gasteiger partial charge on any atom is -0.398 e. The molecule has 1 nitrogen and oxygen atoms in total. The van der Waals surface area contributed by atoms with Gasteiger partial charge in [0.2, 0.25) is 0 Å². The van der Waals surface area contributed by atoms with Crippen LogP contribution in [-0.2, 0) is 0 Å². The van der Waals surface area contributed by atoms with Crippen molar-refractivity contribution in [2.75, 3.05) is 5.73 Å². The van der Waals surface area contributed by atoms with Crippen molar-refractivity contribution < 1.29 is 0 Å². The standard InChI is InChI=1S/C14H21N/c1-10-7-8-14(15)13(9-10)12-6-4-3-5-11(12)2/h7-9,11-12H,3-6,15H2,1-2H3/t11-,12-/m0/s1. The third-order valence-electron chi connectivity index (χ3n) is 3.75. The normalized spacial score (nSPS) is 26.5. The Bertz CT molecular complexity index is 343. The fourth-order valence-electron chi connectivity index (χ4n) is 2.79. The maximum absolute atomic E-state index is 6.08. The van der Waals surface area contributed by atoms with Gasteiger partial charge in [-0.25, -0.2) is 0 Å². The first kappa shape index (κ1) is 10.5. The number of aryl methyl sites for hydroxylation is 1. The van der Waals surface area contributed by atoms with Crippen molar-refractivity contribution in [1.29, 1.82) is 0 Å². The van der Waals surface area contributed by atoms with Crippen LogP contribution in [0.4, 0.5) is 5.69 Å². The molecule has 0 heterocycles. The highest BCUT2D eigenvalue weighted by molar-refractivity contribution is 5.50. The van der Waals surface area contributed by atoms with Crippen LogP contribution in [0.1, 0.15) is 49.7 Å². The molecular weight excluding hydrogens is 182 g/mol. The van der Waals surface area contributed by atoms with Crippen LogP contribution in [0.25, 0.3) is 0 Å². The molecule has 0 radical (unpaired) electrons. The molecule has 1 aromatic carbocycles. The van der Waals surface area contributed by atoms with E-state index in [9.17, 15) is 0 Å². The van der Waals surface area contributed by atoms with E-state index in [4.69, 9.17) is 5.73 Å². The van der Waals surface area contributed by atoms with Crippen LogP contribution in [0.5, 0.6) is 0 Å². The predicted molar refractivity (Wildman–Crippen MR) is 66.0 cm³/mol. The number of hydrogen-bond acceptors (Lipinski definition) is 1. The highest BCUT2D eigenvalue weighted by Crippen LogP contribution is 2.39. The average Bonchev–Trinajstić information content (AvgIpc) is 2.23. The van der Waals surface area contributed by atoms with Crippen molar-refractivity contribution >= 4 is 5.69 Å². The van der Waals surface area contributed by atoms with Crippen LogP contribution in [-0.4, -0.2) is 0 Å². The first-order valence-corrected chi connectivity index (χ1v) is 6.04. The smallest absolute Gasteiger partial charge is 0.0349 e. The van der Waals surface area contributed by atoms with Gasteiger partial charge in [-0.3, -0.25) is 0 Å². The van der Waals surface area contributed by atoms with Gasteiger partial charge in [-0.2, -0.15) is 0 Å². The average molecular weight is 203 g/mol. The summed E-state index contributed by atoms with van der Waals surface area (Å²) in [6.45, 7) is 4.52. The Morgan fingerprint density at radius 1 is 1.20 bits per heavy atom. The molecule has 82 valence electrons. The molecule has 1 fully saturated rings. The van der Waals surface area contributed by atoms with Crippen molar-refractivity contribution in [3.63, 3.8) is 0 Å². The van der Waals surface area contributed by atoms with E-state index in [0.29, 0.717) is 5.92 Å². The molecule has 1 heteroatoms. The van der Waals surface area contributed by atoms with Crippen LogP contribution in [0.15, 0.2) is 18.2 Å². The van der Waals surface area contributed by atoms with Gasteiger partial charge in [0.1, 0.15) is 0 Å². The Morgan fingerprint density at radius 2 is 1.93 bits per heavy atom. The number of anilines is 1. The van der Waals surface area contributed by atoms with E-state index in [1.807, 2.05) is 0 Å². The van der Waals surface area contributed by atoms with Crippen LogP contribution in [0.3, 0.4) is 0 Å². The third kappa shape index (κ3) is 2.17. The maximum atomic E-state index is 6.08. The van der Waals surface area contributed by atoms with Crippen LogP contribution in [0.2, 0.25) is 0 Å². The number of nitrogen functional groups attached to an aromatic ring is 1. The molecule has 0 amide bonds. The highest BCUT2D eigenvalue weighted by atomic mass is 14.6. The van der Waals surface area contributed by atoms with E-state index in [-0.39, 0.29) is 0 Å². The first-order chi connectivity index (χ1) is 7.18. The molecular formula is C14H21N. The first-order valence-electron chi connectivity index (χ1n) is 6.04. The van der Waals surface area contributed by atoms with Crippen molar-refractivity contribution in [3.8, 4) is 0 Å². The second kappa shape index (κ2) is 4.26. The van der Waals surface area contributed by atoms with Crippen molar-refractivity contribution in [1.82, 2.24) is 0 Å². The summed E-state index contributed by atoms with van der Waals surface area (Å²) in [6, 6.07) is 6.44. The fraction of sp³-hybridized carbons (Fsp3) is 0.571. The number of rotatable bonds is 1. The van der Waals surface area contributed by atoms with Gasteiger partial charge in [-0.15, -0.1) is 0 Å². The zero-order valence-corrected chi connectivity index (χ0v) is 9.79. The molecule has 0 spiro atoms. The molecule has 1 aliphatic rings. The quantitative estimate of drug-likeness (QED) is 0.689. The molecule has 2 N–H and O–H groups in total. The Morgan fingerprint density at radius 3 is 2.67 bits per heavy atom. The third-order valence-corrected chi connectivity index (χ3v) is 3.75. The van der Waals surface area contributed by atoms with Gasteiger partial charge in [0.15, 0.2) is 0 Å². The summed E-state index contributed by atoms with van der Waals surface area (Å²) >= 11 is 0. The Hall–Kier alpha value is -0.980. The molecule has 1 aromatic rings. The van der Waals surface area contributed by atoms with Crippen molar-refractivity contribution in [2.24, 2.45) is 5.92 Å². The number of nitrogens with two attached hydrogens (primary N) is 1.